The van der Waals surface area contributed by atoms with Crippen molar-refractivity contribution in [3.05, 3.63) is 41.4 Å². The van der Waals surface area contributed by atoms with Crippen LogP contribution in [-0.4, -0.2) is 4.98 Å². The van der Waals surface area contributed by atoms with Crippen LogP contribution in [0.15, 0.2) is 39.9 Å². The Morgan fingerprint density at radius 2 is 2.00 bits per heavy atom. The van der Waals surface area contributed by atoms with Crippen molar-refractivity contribution in [2.24, 2.45) is 10.9 Å². The standard InChI is InChI=1S/C11H9N5O/c12-6-8-9(13)17-11(15-10(8)16-14)7-4-2-1-3-5-7/h1-5H,13-14H2/b16-10-. The van der Waals surface area contributed by atoms with Crippen LogP contribution in [0.5, 0.6) is 0 Å². The third-order valence-electron chi connectivity index (χ3n) is 2.14. The molecule has 0 radical (unpaired) electrons. The molecular formula is C11H9N5O. The van der Waals surface area contributed by atoms with E-state index in [2.05, 4.69) is 10.1 Å². The van der Waals surface area contributed by atoms with E-state index in [0.29, 0.717) is 0 Å². The zero-order valence-corrected chi connectivity index (χ0v) is 8.79. The van der Waals surface area contributed by atoms with Crippen LogP contribution in [0.1, 0.15) is 5.56 Å². The Bertz CT molecular complexity index is 639. The van der Waals surface area contributed by atoms with Gasteiger partial charge in [-0.2, -0.15) is 15.3 Å². The summed E-state index contributed by atoms with van der Waals surface area (Å²) in [5.41, 5.74) is 6.43. The third-order valence-corrected chi connectivity index (χ3v) is 2.14. The van der Waals surface area contributed by atoms with Gasteiger partial charge < -0.3 is 16.0 Å². The predicted octanol–water partition coefficient (Wildman–Crippen LogP) is 0.570. The lowest BCUT2D eigenvalue weighted by atomic mass is 10.2. The van der Waals surface area contributed by atoms with Gasteiger partial charge in [0.15, 0.2) is 11.1 Å². The normalized spacial score (nSPS) is 11.1. The Balaban J connectivity index is 2.69. The third kappa shape index (κ3) is 1.94. The molecule has 0 aliphatic heterocycles. The molecule has 0 aliphatic carbocycles. The Hall–Kier alpha value is -2.81. The van der Waals surface area contributed by atoms with E-state index in [1.165, 1.54) is 0 Å². The van der Waals surface area contributed by atoms with Gasteiger partial charge in [0.2, 0.25) is 11.8 Å². The van der Waals surface area contributed by atoms with Gasteiger partial charge in [0.1, 0.15) is 6.07 Å². The second-order valence-electron chi connectivity index (χ2n) is 3.19. The topological polar surface area (TPSA) is 114 Å². The molecule has 0 atom stereocenters. The number of hydrogen-bond acceptors (Lipinski definition) is 6. The van der Waals surface area contributed by atoms with Crippen molar-refractivity contribution in [3.8, 4) is 17.5 Å². The summed E-state index contributed by atoms with van der Waals surface area (Å²) < 4.78 is 5.26. The maximum absolute atomic E-state index is 8.85. The molecule has 1 aromatic heterocycles. The summed E-state index contributed by atoms with van der Waals surface area (Å²) in [6, 6.07) is 11.0. The molecule has 84 valence electrons. The lowest BCUT2D eigenvalue weighted by molar-refractivity contribution is 0.558. The van der Waals surface area contributed by atoms with Gasteiger partial charge in [-0.25, -0.2) is 0 Å². The van der Waals surface area contributed by atoms with E-state index < -0.39 is 0 Å². The van der Waals surface area contributed by atoms with E-state index in [1.807, 2.05) is 24.3 Å². The summed E-state index contributed by atoms with van der Waals surface area (Å²) in [6.07, 6.45) is 0. The number of nitrogens with zero attached hydrogens (tertiary/aromatic N) is 3. The average molecular weight is 227 g/mol. The molecule has 6 heteroatoms. The molecule has 0 fully saturated rings. The van der Waals surface area contributed by atoms with Crippen molar-refractivity contribution in [2.45, 2.75) is 0 Å². The largest absolute Gasteiger partial charge is 0.421 e. The van der Waals surface area contributed by atoms with Gasteiger partial charge in [0.05, 0.1) is 0 Å². The summed E-state index contributed by atoms with van der Waals surface area (Å²) in [7, 11) is 0. The summed E-state index contributed by atoms with van der Waals surface area (Å²) in [5.74, 6) is 5.38. The molecular weight excluding hydrogens is 218 g/mol. The van der Waals surface area contributed by atoms with Crippen LogP contribution < -0.4 is 17.1 Å². The minimum absolute atomic E-state index is 0.0344. The maximum Gasteiger partial charge on any atom is 0.230 e. The lowest BCUT2D eigenvalue weighted by Gasteiger charge is -2.02. The number of nitriles is 1. The van der Waals surface area contributed by atoms with Crippen molar-refractivity contribution in [1.29, 1.82) is 5.26 Å². The number of hydrogen-bond donors (Lipinski definition) is 2. The van der Waals surface area contributed by atoms with E-state index in [0.717, 1.165) is 5.56 Å². The van der Waals surface area contributed by atoms with Gasteiger partial charge in [-0.3, -0.25) is 0 Å². The molecule has 0 saturated carbocycles. The van der Waals surface area contributed by atoms with E-state index in [1.54, 1.807) is 12.1 Å². The number of nitrogen functional groups attached to an aromatic ring is 1. The highest BCUT2D eigenvalue weighted by molar-refractivity contribution is 5.55. The molecule has 1 aromatic carbocycles. The maximum atomic E-state index is 8.85. The Labute approximate surface area is 96.8 Å². The van der Waals surface area contributed by atoms with Gasteiger partial charge >= 0.3 is 0 Å². The zero-order valence-electron chi connectivity index (χ0n) is 8.79. The quantitative estimate of drug-likeness (QED) is 0.546. The van der Waals surface area contributed by atoms with Crippen LogP contribution in [-0.2, 0) is 0 Å². The first-order valence-electron chi connectivity index (χ1n) is 4.76. The summed E-state index contributed by atoms with van der Waals surface area (Å²) in [5, 5.41) is 12.3. The van der Waals surface area contributed by atoms with Crippen LogP contribution in [0.25, 0.3) is 11.5 Å². The van der Waals surface area contributed by atoms with Gasteiger partial charge in [-0.1, -0.05) is 18.2 Å². The first kappa shape index (κ1) is 10.7. The highest BCUT2D eigenvalue weighted by Gasteiger charge is 2.10. The van der Waals surface area contributed by atoms with Crippen LogP contribution in [0, 0.1) is 11.3 Å². The molecule has 0 amide bonds. The van der Waals surface area contributed by atoms with E-state index in [9.17, 15) is 0 Å². The van der Waals surface area contributed by atoms with E-state index in [4.69, 9.17) is 21.3 Å². The van der Waals surface area contributed by atoms with Crippen molar-refractivity contribution in [3.63, 3.8) is 0 Å². The summed E-state index contributed by atoms with van der Waals surface area (Å²) in [4.78, 5) is 4.03. The molecule has 17 heavy (non-hydrogen) atoms. The fourth-order valence-corrected chi connectivity index (χ4v) is 1.34. The molecule has 4 N–H and O–H groups in total. The zero-order chi connectivity index (χ0) is 12.3. The number of aromatic nitrogens is 1. The predicted molar refractivity (Wildman–Crippen MR) is 60.8 cm³/mol. The van der Waals surface area contributed by atoms with Crippen molar-refractivity contribution in [2.75, 3.05) is 5.73 Å². The molecule has 0 bridgehead atoms. The van der Waals surface area contributed by atoms with Gasteiger partial charge in [0.25, 0.3) is 0 Å². The minimum Gasteiger partial charge on any atom is -0.421 e. The van der Waals surface area contributed by atoms with Gasteiger partial charge in [-0.15, -0.1) is 0 Å². The highest BCUT2D eigenvalue weighted by Crippen LogP contribution is 2.18. The lowest BCUT2D eigenvalue weighted by Crippen LogP contribution is -2.18. The molecule has 6 nitrogen and oxygen atoms in total. The number of rotatable bonds is 1. The second kappa shape index (κ2) is 4.37. The van der Waals surface area contributed by atoms with Crippen LogP contribution in [0.3, 0.4) is 0 Å². The molecule has 2 rings (SSSR count). The van der Waals surface area contributed by atoms with Gasteiger partial charge in [0, 0.05) is 5.56 Å². The highest BCUT2D eigenvalue weighted by atomic mass is 16.4. The average Bonchev–Trinajstić information content (AvgIpc) is 2.38. The summed E-state index contributed by atoms with van der Waals surface area (Å²) >= 11 is 0. The summed E-state index contributed by atoms with van der Waals surface area (Å²) in [6.45, 7) is 0. The monoisotopic (exact) mass is 227 g/mol. The molecule has 0 aliphatic rings. The second-order valence-corrected chi connectivity index (χ2v) is 3.19. The number of nitrogens with two attached hydrogens (primary N) is 2. The van der Waals surface area contributed by atoms with Crippen LogP contribution in [0.4, 0.5) is 5.88 Å². The molecule has 0 unspecified atom stereocenters. The minimum atomic E-state index is -0.0504. The van der Waals surface area contributed by atoms with Crippen LogP contribution in [0.2, 0.25) is 0 Å². The molecule has 1 heterocycles. The van der Waals surface area contributed by atoms with Crippen molar-refractivity contribution >= 4 is 5.88 Å². The smallest absolute Gasteiger partial charge is 0.230 e. The number of benzene rings is 1. The van der Waals surface area contributed by atoms with E-state index >= 15 is 0 Å². The fraction of sp³-hybridized carbons (Fsp3) is 0. The van der Waals surface area contributed by atoms with Gasteiger partial charge in [-0.05, 0) is 12.1 Å². The molecule has 0 spiro atoms. The Kier molecular flexibility index (Phi) is 2.75. The first-order valence-corrected chi connectivity index (χ1v) is 4.76. The molecule has 2 aromatic rings. The molecule has 0 saturated heterocycles. The van der Waals surface area contributed by atoms with E-state index in [-0.39, 0.29) is 22.8 Å². The van der Waals surface area contributed by atoms with Crippen LogP contribution >= 0.6 is 0 Å². The first-order chi connectivity index (χ1) is 8.26. The number of anilines is 1. The SMILES string of the molecule is N#Cc1c(N)oc(-c2ccccc2)n/c1=N\N. The fourth-order valence-electron chi connectivity index (χ4n) is 1.34. The Morgan fingerprint density at radius 3 is 2.59 bits per heavy atom. The van der Waals surface area contributed by atoms with Crippen molar-refractivity contribution in [1.82, 2.24) is 4.98 Å². The van der Waals surface area contributed by atoms with Crippen molar-refractivity contribution < 1.29 is 4.42 Å². The Morgan fingerprint density at radius 1 is 1.29 bits per heavy atom.